The highest BCUT2D eigenvalue weighted by molar-refractivity contribution is 7.89. The first-order valence-corrected chi connectivity index (χ1v) is 7.91. The minimum absolute atomic E-state index is 0.00936. The van der Waals surface area contributed by atoms with Crippen LogP contribution in [0.4, 0.5) is 0 Å². The number of hydrogen-bond donors (Lipinski definition) is 2. The molecule has 0 spiro atoms. The predicted molar refractivity (Wildman–Crippen MR) is 68.8 cm³/mol. The first-order valence-electron chi connectivity index (χ1n) is 6.26. The number of hydrogen-bond acceptors (Lipinski definition) is 5. The lowest BCUT2D eigenvalue weighted by atomic mass is 10.3. The second kappa shape index (κ2) is 7.44. The summed E-state index contributed by atoms with van der Waals surface area (Å²) in [5, 5.41) is 2.66. The third kappa shape index (κ3) is 7.12. The van der Waals surface area contributed by atoms with Gasteiger partial charge in [-0.2, -0.15) is 0 Å². The molecule has 1 saturated carbocycles. The molecule has 1 aliphatic rings. The van der Waals surface area contributed by atoms with Crippen molar-refractivity contribution < 1.29 is 22.7 Å². The molecular weight excluding hydrogens is 272 g/mol. The van der Waals surface area contributed by atoms with E-state index in [0.717, 1.165) is 12.8 Å². The Balaban J connectivity index is 2.08. The van der Waals surface area contributed by atoms with Crippen LogP contribution in [0.5, 0.6) is 0 Å². The van der Waals surface area contributed by atoms with Crippen LogP contribution >= 0.6 is 0 Å². The summed E-state index contributed by atoms with van der Waals surface area (Å²) < 4.78 is 29.8. The molecule has 0 bridgehead atoms. The van der Waals surface area contributed by atoms with Crippen LogP contribution in [0.15, 0.2) is 0 Å². The van der Waals surface area contributed by atoms with E-state index in [0.29, 0.717) is 0 Å². The third-order valence-corrected chi connectivity index (χ3v) is 4.19. The van der Waals surface area contributed by atoms with Crippen molar-refractivity contribution in [3.05, 3.63) is 0 Å². The van der Waals surface area contributed by atoms with Crippen molar-refractivity contribution in [3.63, 3.8) is 0 Å². The maximum Gasteiger partial charge on any atom is 0.305 e. The monoisotopic (exact) mass is 292 g/mol. The SMILES string of the molecule is COC(=O)CCCS(=O)(=O)NCCNC(=O)C1CC1. The minimum atomic E-state index is -3.40. The molecule has 0 saturated heterocycles. The van der Waals surface area contributed by atoms with E-state index < -0.39 is 16.0 Å². The molecule has 0 aromatic carbocycles. The van der Waals surface area contributed by atoms with Gasteiger partial charge in [0.1, 0.15) is 0 Å². The first kappa shape index (κ1) is 15.9. The fourth-order valence-corrected chi connectivity index (χ4v) is 2.54. The van der Waals surface area contributed by atoms with Gasteiger partial charge >= 0.3 is 5.97 Å². The molecule has 7 nitrogen and oxygen atoms in total. The summed E-state index contributed by atoms with van der Waals surface area (Å²) in [7, 11) is -2.14. The third-order valence-electron chi connectivity index (χ3n) is 2.72. The predicted octanol–water partition coefficient (Wildman–Crippen LogP) is -0.615. The second-order valence-electron chi connectivity index (χ2n) is 4.46. The van der Waals surface area contributed by atoms with E-state index in [4.69, 9.17) is 0 Å². The van der Waals surface area contributed by atoms with Crippen LogP contribution in [0.1, 0.15) is 25.7 Å². The van der Waals surface area contributed by atoms with Crippen molar-refractivity contribution in [3.8, 4) is 0 Å². The molecule has 0 aromatic heterocycles. The fourth-order valence-electron chi connectivity index (χ4n) is 1.46. The topological polar surface area (TPSA) is 102 Å². The average molecular weight is 292 g/mol. The molecule has 110 valence electrons. The van der Waals surface area contributed by atoms with Crippen molar-refractivity contribution in [2.24, 2.45) is 5.92 Å². The highest BCUT2D eigenvalue weighted by Crippen LogP contribution is 2.28. The largest absolute Gasteiger partial charge is 0.469 e. The summed E-state index contributed by atoms with van der Waals surface area (Å²) in [4.78, 5) is 22.1. The number of carbonyl (C=O) groups is 2. The van der Waals surface area contributed by atoms with Gasteiger partial charge < -0.3 is 10.1 Å². The zero-order valence-electron chi connectivity index (χ0n) is 11.0. The number of sulfonamides is 1. The molecular formula is C11H20N2O5S. The molecule has 0 radical (unpaired) electrons. The van der Waals surface area contributed by atoms with Gasteiger partial charge in [0, 0.05) is 25.4 Å². The van der Waals surface area contributed by atoms with E-state index in [1.54, 1.807) is 0 Å². The van der Waals surface area contributed by atoms with E-state index in [1.807, 2.05) is 0 Å². The smallest absolute Gasteiger partial charge is 0.305 e. The number of amides is 1. The van der Waals surface area contributed by atoms with Crippen LogP contribution in [0.3, 0.4) is 0 Å². The maximum atomic E-state index is 11.5. The molecule has 0 atom stereocenters. The van der Waals surface area contributed by atoms with Gasteiger partial charge in [-0.25, -0.2) is 13.1 Å². The van der Waals surface area contributed by atoms with E-state index in [9.17, 15) is 18.0 Å². The summed E-state index contributed by atoms with van der Waals surface area (Å²) in [6.45, 7) is 0.449. The van der Waals surface area contributed by atoms with Crippen LogP contribution in [0.25, 0.3) is 0 Å². The minimum Gasteiger partial charge on any atom is -0.469 e. The fraction of sp³-hybridized carbons (Fsp3) is 0.818. The Bertz CT molecular complexity index is 417. The Morgan fingerprint density at radius 1 is 1.26 bits per heavy atom. The zero-order valence-corrected chi connectivity index (χ0v) is 11.8. The van der Waals surface area contributed by atoms with Crippen molar-refractivity contribution in [2.45, 2.75) is 25.7 Å². The summed E-state index contributed by atoms with van der Waals surface area (Å²) >= 11 is 0. The van der Waals surface area contributed by atoms with Crippen molar-refractivity contribution in [1.29, 1.82) is 0 Å². The number of esters is 1. The Kier molecular flexibility index (Phi) is 6.23. The van der Waals surface area contributed by atoms with E-state index in [2.05, 4.69) is 14.8 Å². The van der Waals surface area contributed by atoms with Gasteiger partial charge in [-0.3, -0.25) is 9.59 Å². The summed E-state index contributed by atoms with van der Waals surface area (Å²) in [6, 6.07) is 0. The van der Waals surface area contributed by atoms with Gasteiger partial charge in [-0.15, -0.1) is 0 Å². The standard InChI is InChI=1S/C11H20N2O5S/c1-18-10(14)3-2-8-19(16,17)13-7-6-12-11(15)9-4-5-9/h9,13H,2-8H2,1H3,(H,12,15). The lowest BCUT2D eigenvalue weighted by Gasteiger charge is -2.07. The molecule has 2 N–H and O–H groups in total. The molecule has 19 heavy (non-hydrogen) atoms. The van der Waals surface area contributed by atoms with Gasteiger partial charge in [0.05, 0.1) is 12.9 Å². The van der Waals surface area contributed by atoms with Gasteiger partial charge in [0.15, 0.2) is 0 Å². The lowest BCUT2D eigenvalue weighted by molar-refractivity contribution is -0.140. The van der Waals surface area contributed by atoms with E-state index in [1.165, 1.54) is 7.11 Å². The molecule has 1 amide bonds. The maximum absolute atomic E-state index is 11.5. The quantitative estimate of drug-likeness (QED) is 0.436. The van der Waals surface area contributed by atoms with Crippen molar-refractivity contribution in [1.82, 2.24) is 10.0 Å². The molecule has 1 aliphatic carbocycles. The van der Waals surface area contributed by atoms with Gasteiger partial charge in [-0.05, 0) is 19.3 Å². The van der Waals surface area contributed by atoms with Crippen LogP contribution in [0, 0.1) is 5.92 Å². The number of nitrogens with one attached hydrogen (secondary N) is 2. The Morgan fingerprint density at radius 2 is 1.95 bits per heavy atom. The molecule has 1 fully saturated rings. The van der Waals surface area contributed by atoms with Gasteiger partial charge in [0.2, 0.25) is 15.9 Å². The Morgan fingerprint density at radius 3 is 2.53 bits per heavy atom. The normalized spacial score (nSPS) is 15.0. The highest BCUT2D eigenvalue weighted by Gasteiger charge is 2.29. The Labute approximate surface area is 113 Å². The summed E-state index contributed by atoms with van der Waals surface area (Å²) in [5.41, 5.74) is 0. The molecule has 0 aliphatic heterocycles. The summed E-state index contributed by atoms with van der Waals surface area (Å²) in [6.07, 6.45) is 2.14. The molecule has 0 aromatic rings. The second-order valence-corrected chi connectivity index (χ2v) is 6.38. The molecule has 0 heterocycles. The van der Waals surface area contributed by atoms with Crippen molar-refractivity contribution in [2.75, 3.05) is 26.0 Å². The van der Waals surface area contributed by atoms with Gasteiger partial charge in [-0.1, -0.05) is 0 Å². The van der Waals surface area contributed by atoms with E-state index >= 15 is 0 Å². The van der Waals surface area contributed by atoms with Crippen LogP contribution in [-0.2, 0) is 24.3 Å². The Hall–Kier alpha value is -1.15. The molecule has 1 rings (SSSR count). The number of methoxy groups -OCH3 is 1. The molecule has 8 heteroatoms. The zero-order chi connectivity index (χ0) is 14.3. The molecule has 0 unspecified atom stereocenters. The van der Waals surface area contributed by atoms with Crippen LogP contribution in [0.2, 0.25) is 0 Å². The van der Waals surface area contributed by atoms with Crippen molar-refractivity contribution >= 4 is 21.9 Å². The number of carbonyl (C=O) groups excluding carboxylic acids is 2. The summed E-state index contributed by atoms with van der Waals surface area (Å²) in [5.74, 6) is -0.438. The highest BCUT2D eigenvalue weighted by atomic mass is 32.2. The number of ether oxygens (including phenoxy) is 1. The van der Waals surface area contributed by atoms with Crippen LogP contribution in [-0.4, -0.2) is 46.2 Å². The first-order chi connectivity index (χ1) is 8.94. The van der Waals surface area contributed by atoms with Crippen LogP contribution < -0.4 is 10.0 Å². The lowest BCUT2D eigenvalue weighted by Crippen LogP contribution is -2.36. The van der Waals surface area contributed by atoms with Gasteiger partial charge in [0.25, 0.3) is 0 Å². The van der Waals surface area contributed by atoms with E-state index in [-0.39, 0.29) is 43.5 Å². The average Bonchev–Trinajstić information content (AvgIpc) is 3.18. The number of rotatable bonds is 9.